The molecule has 0 unspecified atom stereocenters. The molecule has 0 N–H and O–H groups in total. The fourth-order valence-electron chi connectivity index (χ4n) is 2.18. The van der Waals surface area contributed by atoms with Crippen LogP contribution >= 0.6 is 0 Å². The highest BCUT2D eigenvalue weighted by molar-refractivity contribution is 6.73. The molecule has 0 aromatic rings. The van der Waals surface area contributed by atoms with Crippen LogP contribution in [-0.2, 0) is 4.43 Å². The van der Waals surface area contributed by atoms with Crippen LogP contribution in [0.5, 0.6) is 0 Å². The van der Waals surface area contributed by atoms with Crippen LogP contribution in [0.2, 0.25) is 18.1 Å². The maximum absolute atomic E-state index is 6.22. The lowest BCUT2D eigenvalue weighted by Gasteiger charge is -2.27. The van der Waals surface area contributed by atoms with E-state index in [0.717, 1.165) is 12.5 Å². The molecule has 0 heterocycles. The minimum Gasteiger partial charge on any atom is -0.417 e. The Morgan fingerprint density at radius 2 is 1.44 bits per heavy atom. The maximum atomic E-state index is 6.22. The first-order chi connectivity index (χ1) is 7.60. The Hall–Kier alpha value is 0.177. The van der Waals surface area contributed by atoms with E-state index in [0.29, 0.717) is 0 Å². The third-order valence-corrected chi connectivity index (χ3v) is 8.45. The third-order valence-electron chi connectivity index (χ3n) is 3.77. The summed E-state index contributed by atoms with van der Waals surface area (Å²) < 4.78 is 6.22. The van der Waals surface area contributed by atoms with Crippen LogP contribution in [-0.4, -0.2) is 14.9 Å². The Morgan fingerprint density at radius 3 is 1.88 bits per heavy atom. The van der Waals surface area contributed by atoms with Gasteiger partial charge in [0, 0.05) is 6.61 Å². The van der Waals surface area contributed by atoms with Crippen LogP contribution in [0.4, 0.5) is 0 Å². The van der Waals surface area contributed by atoms with Gasteiger partial charge in [0.15, 0.2) is 8.32 Å². The fraction of sp³-hybridized carbons (Fsp3) is 1.00. The lowest BCUT2D eigenvalue weighted by atomic mass is 10.1. The van der Waals surface area contributed by atoms with Crippen molar-refractivity contribution in [3.63, 3.8) is 0 Å². The summed E-state index contributed by atoms with van der Waals surface area (Å²) in [5.74, 6) is 0.858. The molecule has 0 bridgehead atoms. The monoisotopic (exact) mass is 244 g/mol. The van der Waals surface area contributed by atoms with E-state index in [4.69, 9.17) is 4.43 Å². The van der Waals surface area contributed by atoms with Gasteiger partial charge >= 0.3 is 0 Å². The second-order valence-electron chi connectivity index (χ2n) is 5.34. The van der Waals surface area contributed by atoms with E-state index in [1.165, 1.54) is 43.8 Å². The van der Waals surface area contributed by atoms with Crippen molar-refractivity contribution in [1.29, 1.82) is 0 Å². The average molecular weight is 244 g/mol. The van der Waals surface area contributed by atoms with Crippen LogP contribution in [0.1, 0.15) is 60.3 Å². The standard InChI is InChI=1S/C14H32OSi/c1-6-16(7-2,8-3)15-13-11-9-10-12-14(4)5/h14H,6-13H2,1-5H3. The minimum atomic E-state index is -1.30. The molecule has 0 aliphatic heterocycles. The van der Waals surface area contributed by atoms with Gasteiger partial charge in [0.1, 0.15) is 0 Å². The molecule has 0 aliphatic carbocycles. The quantitative estimate of drug-likeness (QED) is 0.378. The third kappa shape index (κ3) is 6.69. The van der Waals surface area contributed by atoms with Crippen molar-refractivity contribution in [3.8, 4) is 0 Å². The van der Waals surface area contributed by atoms with E-state index >= 15 is 0 Å². The van der Waals surface area contributed by atoms with Gasteiger partial charge in [-0.3, -0.25) is 0 Å². The summed E-state index contributed by atoms with van der Waals surface area (Å²) in [6.45, 7) is 12.5. The molecule has 0 saturated heterocycles. The highest BCUT2D eigenvalue weighted by atomic mass is 28.4. The minimum absolute atomic E-state index is 0.858. The molecule has 0 amide bonds. The van der Waals surface area contributed by atoms with Crippen LogP contribution in [0, 0.1) is 5.92 Å². The zero-order valence-electron chi connectivity index (χ0n) is 12.1. The van der Waals surface area contributed by atoms with E-state index in [1.807, 2.05) is 0 Å². The van der Waals surface area contributed by atoms with Crippen molar-refractivity contribution in [2.45, 2.75) is 78.4 Å². The highest BCUT2D eigenvalue weighted by Gasteiger charge is 2.27. The molecule has 0 saturated carbocycles. The molecule has 16 heavy (non-hydrogen) atoms. The van der Waals surface area contributed by atoms with Crippen LogP contribution < -0.4 is 0 Å². The van der Waals surface area contributed by atoms with Crippen molar-refractivity contribution in [2.24, 2.45) is 5.92 Å². The van der Waals surface area contributed by atoms with Crippen LogP contribution in [0.25, 0.3) is 0 Å². The summed E-state index contributed by atoms with van der Waals surface area (Å²) in [7, 11) is -1.30. The van der Waals surface area contributed by atoms with Crippen LogP contribution in [0.3, 0.4) is 0 Å². The summed E-state index contributed by atoms with van der Waals surface area (Å²) in [5, 5.41) is 0. The molecule has 0 aromatic carbocycles. The first-order valence-corrected chi connectivity index (χ1v) is 9.77. The molecular formula is C14H32OSi. The second kappa shape index (κ2) is 9.23. The van der Waals surface area contributed by atoms with E-state index in [2.05, 4.69) is 34.6 Å². The van der Waals surface area contributed by atoms with E-state index < -0.39 is 8.32 Å². The van der Waals surface area contributed by atoms with E-state index in [-0.39, 0.29) is 0 Å². The number of hydrogen-bond donors (Lipinski definition) is 0. The Morgan fingerprint density at radius 1 is 0.875 bits per heavy atom. The van der Waals surface area contributed by atoms with Crippen molar-refractivity contribution in [2.75, 3.05) is 6.61 Å². The van der Waals surface area contributed by atoms with Gasteiger partial charge in [-0.05, 0) is 30.5 Å². The molecule has 0 rings (SSSR count). The van der Waals surface area contributed by atoms with Crippen molar-refractivity contribution >= 4 is 8.32 Å². The molecule has 0 radical (unpaired) electrons. The SMILES string of the molecule is CC[Si](CC)(CC)OCCCCCC(C)C. The highest BCUT2D eigenvalue weighted by Crippen LogP contribution is 2.22. The lowest BCUT2D eigenvalue weighted by Crippen LogP contribution is -2.36. The van der Waals surface area contributed by atoms with E-state index in [9.17, 15) is 0 Å². The Balaban J connectivity index is 3.55. The number of rotatable bonds is 10. The first-order valence-electron chi connectivity index (χ1n) is 7.24. The zero-order valence-corrected chi connectivity index (χ0v) is 13.1. The van der Waals surface area contributed by atoms with Gasteiger partial charge < -0.3 is 4.43 Å². The maximum Gasteiger partial charge on any atom is 0.191 e. The summed E-state index contributed by atoms with van der Waals surface area (Å²) in [4.78, 5) is 0. The molecule has 2 heteroatoms. The summed E-state index contributed by atoms with van der Waals surface area (Å²) in [5.41, 5.74) is 0. The van der Waals surface area contributed by atoms with Gasteiger partial charge in [-0.1, -0.05) is 53.9 Å². The smallest absolute Gasteiger partial charge is 0.191 e. The number of unbranched alkanes of at least 4 members (excludes halogenated alkanes) is 2. The Kier molecular flexibility index (Phi) is 9.33. The fourth-order valence-corrected chi connectivity index (χ4v) is 4.87. The Bertz CT molecular complexity index is 145. The van der Waals surface area contributed by atoms with Crippen molar-refractivity contribution < 1.29 is 4.43 Å². The molecule has 1 nitrogen and oxygen atoms in total. The van der Waals surface area contributed by atoms with Crippen molar-refractivity contribution in [3.05, 3.63) is 0 Å². The topological polar surface area (TPSA) is 9.23 Å². The van der Waals surface area contributed by atoms with Gasteiger partial charge in [0.2, 0.25) is 0 Å². The predicted molar refractivity (Wildman–Crippen MR) is 76.5 cm³/mol. The van der Waals surface area contributed by atoms with E-state index in [1.54, 1.807) is 0 Å². The first kappa shape index (κ1) is 16.2. The molecule has 0 aromatic heterocycles. The van der Waals surface area contributed by atoms with Gasteiger partial charge in [-0.2, -0.15) is 0 Å². The van der Waals surface area contributed by atoms with Gasteiger partial charge in [0.05, 0.1) is 0 Å². The predicted octanol–water partition coefficient (Wildman–Crippen LogP) is 5.22. The summed E-state index contributed by atoms with van der Waals surface area (Å²) >= 11 is 0. The van der Waals surface area contributed by atoms with Crippen LogP contribution in [0.15, 0.2) is 0 Å². The number of hydrogen-bond acceptors (Lipinski definition) is 1. The summed E-state index contributed by atoms with van der Waals surface area (Å²) in [6.07, 6.45) is 5.36. The molecule has 98 valence electrons. The summed E-state index contributed by atoms with van der Waals surface area (Å²) in [6, 6.07) is 3.85. The zero-order chi connectivity index (χ0) is 12.4. The van der Waals surface area contributed by atoms with Gasteiger partial charge in [0.25, 0.3) is 0 Å². The lowest BCUT2D eigenvalue weighted by molar-refractivity contribution is 0.286. The molecule has 0 atom stereocenters. The normalized spacial score (nSPS) is 12.4. The molecule has 0 spiro atoms. The average Bonchev–Trinajstić information content (AvgIpc) is 2.29. The molecular weight excluding hydrogens is 212 g/mol. The van der Waals surface area contributed by atoms with Crippen molar-refractivity contribution in [1.82, 2.24) is 0 Å². The van der Waals surface area contributed by atoms with Gasteiger partial charge in [-0.25, -0.2) is 0 Å². The largest absolute Gasteiger partial charge is 0.417 e. The molecule has 0 fully saturated rings. The molecule has 0 aliphatic rings. The van der Waals surface area contributed by atoms with Gasteiger partial charge in [-0.15, -0.1) is 0 Å². The second-order valence-corrected chi connectivity index (χ2v) is 10.1. The Labute approximate surface area is 104 Å².